The Labute approximate surface area is 225 Å². The molecular weight excluding hydrogens is 500 g/mol. The predicted octanol–water partition coefficient (Wildman–Crippen LogP) is 1.79. The molecule has 5 rings (SSSR count). The number of hydrogen-bond acceptors (Lipinski definition) is 9. The van der Waals surface area contributed by atoms with Crippen molar-refractivity contribution < 1.29 is 9.59 Å². The zero-order valence-corrected chi connectivity index (χ0v) is 21.8. The van der Waals surface area contributed by atoms with Crippen molar-refractivity contribution in [2.24, 2.45) is 10.7 Å². The Morgan fingerprint density at radius 1 is 1.21 bits per heavy atom. The molecule has 11 heteroatoms. The highest BCUT2D eigenvalue weighted by Crippen LogP contribution is 2.44. The molecule has 0 bridgehead atoms. The van der Waals surface area contributed by atoms with Gasteiger partial charge in [0, 0.05) is 16.9 Å². The van der Waals surface area contributed by atoms with Crippen LogP contribution in [0.3, 0.4) is 0 Å². The average molecular weight is 529 g/mol. The van der Waals surface area contributed by atoms with Crippen molar-refractivity contribution in [2.45, 2.75) is 30.6 Å². The Hall–Kier alpha value is -3.93. The fraction of sp³-hybridized carbons (Fsp3) is 0.259. The minimum Gasteiger partial charge on any atom is -0.321 e. The SMILES string of the molecule is CNC1(N2C(=O)C(C(=O)C(N)CS)N=C(c3ccccc3)c3ccccc32)C(C)=CC=CC1c1nn[nH]n1. The number of Topliss-reactive ketones (excluding diaryl/α,β-unsaturated/α-hetero) is 1. The summed E-state index contributed by atoms with van der Waals surface area (Å²) in [5.74, 6) is -1.10. The first-order chi connectivity index (χ1) is 18.4. The van der Waals surface area contributed by atoms with Crippen molar-refractivity contribution in [3.63, 3.8) is 0 Å². The molecule has 2 aromatic carbocycles. The van der Waals surface area contributed by atoms with Gasteiger partial charge in [0.1, 0.15) is 5.66 Å². The van der Waals surface area contributed by atoms with E-state index in [1.54, 1.807) is 11.9 Å². The van der Waals surface area contributed by atoms with Crippen molar-refractivity contribution in [1.82, 2.24) is 25.9 Å². The Morgan fingerprint density at radius 2 is 1.95 bits per heavy atom. The number of rotatable bonds is 7. The van der Waals surface area contributed by atoms with E-state index in [1.165, 1.54) is 0 Å². The van der Waals surface area contributed by atoms with Crippen LogP contribution in [0, 0.1) is 0 Å². The molecule has 2 aliphatic rings. The highest BCUT2D eigenvalue weighted by molar-refractivity contribution is 7.80. The Kier molecular flexibility index (Phi) is 7.06. The van der Waals surface area contributed by atoms with Gasteiger partial charge in [0.15, 0.2) is 17.6 Å². The number of benzene rings is 2. The number of nitrogens with zero attached hydrogens (tertiary/aromatic N) is 5. The highest BCUT2D eigenvalue weighted by atomic mass is 32.1. The minimum absolute atomic E-state index is 0.0794. The van der Waals surface area contributed by atoms with Crippen LogP contribution in [0.5, 0.6) is 0 Å². The molecule has 0 saturated carbocycles. The van der Waals surface area contributed by atoms with E-state index in [4.69, 9.17) is 10.7 Å². The Morgan fingerprint density at radius 3 is 2.63 bits per heavy atom. The number of likely N-dealkylation sites (N-methyl/N-ethyl adjacent to an activating group) is 1. The maximum absolute atomic E-state index is 14.6. The summed E-state index contributed by atoms with van der Waals surface area (Å²) in [6.45, 7) is 1.92. The molecule has 1 amide bonds. The fourth-order valence-corrected chi connectivity index (χ4v) is 5.39. The number of carbonyl (C=O) groups is 2. The first kappa shape index (κ1) is 25.7. The number of aromatic nitrogens is 4. The zero-order valence-electron chi connectivity index (χ0n) is 20.9. The molecular formula is C27H28N8O2S. The maximum atomic E-state index is 14.6. The van der Waals surface area contributed by atoms with Crippen LogP contribution >= 0.6 is 12.6 Å². The number of para-hydroxylation sites is 1. The van der Waals surface area contributed by atoms with E-state index in [-0.39, 0.29) is 5.75 Å². The molecule has 1 aromatic heterocycles. The van der Waals surface area contributed by atoms with E-state index in [0.717, 1.165) is 11.1 Å². The van der Waals surface area contributed by atoms with Crippen molar-refractivity contribution >= 4 is 35.7 Å². The summed E-state index contributed by atoms with van der Waals surface area (Å²) in [5.41, 5.74) is 8.35. The summed E-state index contributed by atoms with van der Waals surface area (Å²) >= 11 is 4.22. The average Bonchev–Trinajstić information content (AvgIpc) is 3.45. The molecule has 4 unspecified atom stereocenters. The van der Waals surface area contributed by atoms with Crippen LogP contribution in [0.4, 0.5) is 5.69 Å². The summed E-state index contributed by atoms with van der Waals surface area (Å²) < 4.78 is 0. The van der Waals surface area contributed by atoms with Gasteiger partial charge in [0.2, 0.25) is 0 Å². The lowest BCUT2D eigenvalue weighted by Gasteiger charge is -2.49. The summed E-state index contributed by atoms with van der Waals surface area (Å²) in [6.07, 6.45) is 5.72. The molecule has 1 aliphatic carbocycles. The Balaban J connectivity index is 1.81. The third-order valence-electron chi connectivity index (χ3n) is 7.07. The molecule has 4 N–H and O–H groups in total. The van der Waals surface area contributed by atoms with Crippen LogP contribution in [0.25, 0.3) is 0 Å². The molecule has 10 nitrogen and oxygen atoms in total. The number of amides is 1. The molecule has 38 heavy (non-hydrogen) atoms. The normalized spacial score (nSPS) is 23.8. The number of carbonyl (C=O) groups excluding carboxylic acids is 2. The van der Waals surface area contributed by atoms with Gasteiger partial charge < -0.3 is 5.73 Å². The van der Waals surface area contributed by atoms with Crippen LogP contribution in [0.15, 0.2) is 83.4 Å². The van der Waals surface area contributed by atoms with Crippen molar-refractivity contribution in [1.29, 1.82) is 0 Å². The van der Waals surface area contributed by atoms with Crippen LogP contribution < -0.4 is 16.0 Å². The highest BCUT2D eigenvalue weighted by Gasteiger charge is 2.53. The number of hydrogen-bond donors (Lipinski definition) is 4. The van der Waals surface area contributed by atoms with Crippen LogP contribution in [-0.4, -0.2) is 68.6 Å². The third-order valence-corrected chi connectivity index (χ3v) is 7.46. The first-order valence-corrected chi connectivity index (χ1v) is 12.8. The van der Waals surface area contributed by atoms with Gasteiger partial charge >= 0.3 is 0 Å². The monoisotopic (exact) mass is 528 g/mol. The molecule has 0 saturated heterocycles. The minimum atomic E-state index is -1.39. The number of aliphatic imine (C=N–C) groups is 1. The fourth-order valence-electron chi connectivity index (χ4n) is 5.21. The summed E-state index contributed by atoms with van der Waals surface area (Å²) in [6, 6.07) is 14.6. The van der Waals surface area contributed by atoms with E-state index >= 15 is 0 Å². The molecule has 0 spiro atoms. The number of tetrazole rings is 1. The van der Waals surface area contributed by atoms with Gasteiger partial charge in [-0.05, 0) is 25.6 Å². The van der Waals surface area contributed by atoms with E-state index in [2.05, 4.69) is 38.6 Å². The number of anilines is 1. The second kappa shape index (κ2) is 10.4. The van der Waals surface area contributed by atoms with Crippen molar-refractivity contribution in [3.8, 4) is 0 Å². The number of nitrogens with one attached hydrogen (secondary N) is 2. The van der Waals surface area contributed by atoms with Crippen LogP contribution in [-0.2, 0) is 9.59 Å². The number of allylic oxidation sites excluding steroid dienone is 2. The van der Waals surface area contributed by atoms with Gasteiger partial charge in [-0.15, -0.1) is 10.2 Å². The number of fused-ring (bicyclic) bond motifs is 1. The van der Waals surface area contributed by atoms with Crippen molar-refractivity contribution in [3.05, 3.63) is 95.3 Å². The number of thiol groups is 1. The number of nitrogens with two attached hydrogens (primary N) is 1. The Bertz CT molecular complexity index is 1440. The lowest BCUT2D eigenvalue weighted by molar-refractivity contribution is -0.129. The van der Waals surface area contributed by atoms with Gasteiger partial charge in [-0.2, -0.15) is 17.8 Å². The van der Waals surface area contributed by atoms with Crippen LogP contribution in [0.1, 0.15) is 29.8 Å². The quantitative estimate of drug-likeness (QED) is 0.271. The van der Waals surface area contributed by atoms with Gasteiger partial charge in [0.25, 0.3) is 5.91 Å². The topological polar surface area (TPSA) is 142 Å². The molecule has 3 aromatic rings. The number of aromatic amines is 1. The van der Waals surface area contributed by atoms with E-state index in [0.29, 0.717) is 22.8 Å². The number of H-pyrrole nitrogens is 1. The molecule has 0 radical (unpaired) electrons. The lowest BCUT2D eigenvalue weighted by Crippen LogP contribution is -2.67. The molecule has 4 atom stereocenters. The molecule has 1 aliphatic heterocycles. The van der Waals surface area contributed by atoms with Crippen molar-refractivity contribution in [2.75, 3.05) is 17.7 Å². The second-order valence-electron chi connectivity index (χ2n) is 9.13. The van der Waals surface area contributed by atoms with E-state index < -0.39 is 35.4 Å². The van der Waals surface area contributed by atoms with Gasteiger partial charge in [0.05, 0.1) is 23.4 Å². The number of benzodiazepines with no additional fused rings is 1. The van der Waals surface area contributed by atoms with Gasteiger partial charge in [-0.1, -0.05) is 72.0 Å². The third kappa shape index (κ3) is 4.08. The summed E-state index contributed by atoms with van der Waals surface area (Å²) in [4.78, 5) is 34.7. The molecule has 194 valence electrons. The van der Waals surface area contributed by atoms with E-state index in [9.17, 15) is 9.59 Å². The second-order valence-corrected chi connectivity index (χ2v) is 9.49. The number of ketones is 1. The first-order valence-electron chi connectivity index (χ1n) is 12.2. The van der Waals surface area contributed by atoms with Gasteiger partial charge in [-0.25, -0.2) is 0 Å². The molecule has 2 heterocycles. The maximum Gasteiger partial charge on any atom is 0.261 e. The summed E-state index contributed by atoms with van der Waals surface area (Å²) in [7, 11) is 1.76. The standard InChI is InChI=1S/C27H28N8O2S/c1-16-9-8-13-19(25-31-33-34-32-25)27(16,29-2)35-21-14-7-6-12-18(21)22(17-10-4-3-5-11-17)30-23(26(35)37)24(36)20(28)15-38/h3-14,19-20,23,29,38H,15,28H2,1-2H3,(H,31,32,33,34). The van der Waals surface area contributed by atoms with Crippen LogP contribution in [0.2, 0.25) is 0 Å². The summed E-state index contributed by atoms with van der Waals surface area (Å²) in [5, 5.41) is 18.1. The zero-order chi connectivity index (χ0) is 26.9. The van der Waals surface area contributed by atoms with E-state index in [1.807, 2.05) is 79.7 Å². The predicted molar refractivity (Wildman–Crippen MR) is 148 cm³/mol. The lowest BCUT2D eigenvalue weighted by atomic mass is 9.79. The smallest absolute Gasteiger partial charge is 0.261 e. The van der Waals surface area contributed by atoms with Gasteiger partial charge in [-0.3, -0.25) is 24.8 Å². The molecule has 0 fully saturated rings. The largest absolute Gasteiger partial charge is 0.321 e.